The second-order valence-electron chi connectivity index (χ2n) is 6.16. The molecule has 17 heavy (non-hydrogen) atoms. The second kappa shape index (κ2) is 4.22. The lowest BCUT2D eigenvalue weighted by Crippen LogP contribution is -2.38. The smallest absolute Gasteiger partial charge is 0.152 e. The summed E-state index contributed by atoms with van der Waals surface area (Å²) in [5, 5.41) is 0. The second-order valence-corrected chi connectivity index (χ2v) is 6.16. The summed E-state index contributed by atoms with van der Waals surface area (Å²) in [5.41, 5.74) is 0.120. The summed E-state index contributed by atoms with van der Waals surface area (Å²) in [7, 11) is 0. The predicted octanol–water partition coefficient (Wildman–Crippen LogP) is 4.58. The van der Waals surface area contributed by atoms with E-state index in [4.69, 9.17) is 0 Å². The van der Waals surface area contributed by atoms with Crippen LogP contribution in [0.15, 0.2) is 16.8 Å². The molecule has 2 heteroatoms. The van der Waals surface area contributed by atoms with Gasteiger partial charge in [-0.2, -0.15) is 0 Å². The van der Waals surface area contributed by atoms with Gasteiger partial charge in [0.1, 0.15) is 0 Å². The Morgan fingerprint density at radius 2 is 1.65 bits per heavy atom. The van der Waals surface area contributed by atoms with Crippen LogP contribution in [0.1, 0.15) is 64.2 Å². The molecule has 1 nitrogen and oxygen atoms in total. The Balaban J connectivity index is 1.68. The topological polar surface area (TPSA) is 12.4 Å². The third-order valence-corrected chi connectivity index (χ3v) is 5.12. The fourth-order valence-electron chi connectivity index (χ4n) is 3.90. The Morgan fingerprint density at radius 1 is 0.941 bits per heavy atom. The third-order valence-electron chi connectivity index (χ3n) is 5.12. The van der Waals surface area contributed by atoms with Crippen molar-refractivity contribution in [3.8, 4) is 0 Å². The Kier molecular flexibility index (Phi) is 2.84. The summed E-state index contributed by atoms with van der Waals surface area (Å²) < 4.78 is 14.8. The van der Waals surface area contributed by atoms with Crippen molar-refractivity contribution >= 4 is 6.21 Å². The minimum absolute atomic E-state index is 0.497. The summed E-state index contributed by atoms with van der Waals surface area (Å²) in [6.07, 6.45) is 15.0. The molecule has 0 aromatic carbocycles. The van der Waals surface area contributed by atoms with Crippen molar-refractivity contribution in [1.82, 2.24) is 0 Å². The first-order chi connectivity index (χ1) is 8.23. The molecule has 3 aliphatic rings. The number of allylic oxidation sites excluding steroid dienone is 2. The first-order valence-electron chi connectivity index (χ1n) is 7.15. The van der Waals surface area contributed by atoms with Crippen molar-refractivity contribution in [1.29, 1.82) is 0 Å². The average Bonchev–Trinajstić information content (AvgIpc) is 2.89. The molecular formula is C15H22FN. The summed E-state index contributed by atoms with van der Waals surface area (Å²) in [6, 6.07) is 0. The van der Waals surface area contributed by atoms with Crippen molar-refractivity contribution in [3.63, 3.8) is 0 Å². The monoisotopic (exact) mass is 235 g/mol. The number of aliphatic imine (C=N–C) groups is 1. The SMILES string of the molecule is FC1(C2=CCC=N2)CCC2(CCCCC2)CC1. The highest BCUT2D eigenvalue weighted by molar-refractivity contribution is 5.65. The molecule has 0 atom stereocenters. The zero-order chi connectivity index (χ0) is 11.8. The van der Waals surface area contributed by atoms with Gasteiger partial charge in [0.25, 0.3) is 0 Å². The normalized spacial score (nSPS) is 30.5. The van der Waals surface area contributed by atoms with Crippen LogP contribution in [0.5, 0.6) is 0 Å². The molecule has 2 saturated carbocycles. The van der Waals surface area contributed by atoms with E-state index in [2.05, 4.69) is 4.99 Å². The van der Waals surface area contributed by atoms with E-state index in [1.165, 1.54) is 32.1 Å². The summed E-state index contributed by atoms with van der Waals surface area (Å²) in [4.78, 5) is 4.23. The van der Waals surface area contributed by atoms with Gasteiger partial charge in [0.15, 0.2) is 5.67 Å². The molecule has 1 heterocycles. The van der Waals surface area contributed by atoms with E-state index in [1.807, 2.05) is 12.3 Å². The molecule has 0 bridgehead atoms. The molecule has 0 saturated heterocycles. The molecule has 0 radical (unpaired) electrons. The first-order valence-corrected chi connectivity index (χ1v) is 7.15. The quantitative estimate of drug-likeness (QED) is 0.631. The molecular weight excluding hydrogens is 213 g/mol. The van der Waals surface area contributed by atoms with Crippen LogP contribution in [0.2, 0.25) is 0 Å². The first kappa shape index (κ1) is 11.4. The largest absolute Gasteiger partial charge is 0.262 e. The van der Waals surface area contributed by atoms with Gasteiger partial charge in [0.2, 0.25) is 0 Å². The van der Waals surface area contributed by atoms with Crippen molar-refractivity contribution < 1.29 is 4.39 Å². The predicted molar refractivity (Wildman–Crippen MR) is 69.0 cm³/mol. The maximum absolute atomic E-state index is 14.8. The molecule has 0 unspecified atom stereocenters. The van der Waals surface area contributed by atoms with Gasteiger partial charge < -0.3 is 0 Å². The standard InChI is InChI=1S/C15H22FN/c16-15(13-5-4-12-17-13)10-8-14(9-11-15)6-2-1-3-7-14/h5,12H,1-4,6-11H2. The molecule has 1 aliphatic heterocycles. The van der Waals surface area contributed by atoms with E-state index in [0.29, 0.717) is 18.3 Å². The molecule has 0 aromatic heterocycles. The van der Waals surface area contributed by atoms with E-state index in [9.17, 15) is 4.39 Å². The van der Waals surface area contributed by atoms with Crippen LogP contribution in [-0.2, 0) is 0 Å². The molecule has 1 spiro atoms. The number of hydrogen-bond donors (Lipinski definition) is 0. The highest BCUT2D eigenvalue weighted by Crippen LogP contribution is 2.53. The lowest BCUT2D eigenvalue weighted by atomic mass is 9.62. The molecule has 0 aromatic rings. The van der Waals surface area contributed by atoms with Gasteiger partial charge in [0, 0.05) is 12.6 Å². The number of halogens is 1. The van der Waals surface area contributed by atoms with Crippen molar-refractivity contribution in [2.75, 3.05) is 0 Å². The number of alkyl halides is 1. The van der Waals surface area contributed by atoms with Crippen LogP contribution in [-0.4, -0.2) is 11.9 Å². The number of hydrogen-bond acceptors (Lipinski definition) is 1. The van der Waals surface area contributed by atoms with Gasteiger partial charge in [-0.05, 0) is 43.9 Å². The van der Waals surface area contributed by atoms with Crippen LogP contribution in [0.25, 0.3) is 0 Å². The molecule has 0 amide bonds. The molecule has 3 rings (SSSR count). The van der Waals surface area contributed by atoms with E-state index in [1.54, 1.807) is 0 Å². The fraction of sp³-hybridized carbons (Fsp3) is 0.800. The molecule has 94 valence electrons. The van der Waals surface area contributed by atoms with Gasteiger partial charge in [-0.1, -0.05) is 25.3 Å². The van der Waals surface area contributed by atoms with Crippen LogP contribution in [0.3, 0.4) is 0 Å². The maximum Gasteiger partial charge on any atom is 0.152 e. The minimum Gasteiger partial charge on any atom is -0.262 e. The van der Waals surface area contributed by atoms with Crippen molar-refractivity contribution in [2.45, 2.75) is 69.9 Å². The lowest BCUT2D eigenvalue weighted by Gasteiger charge is -2.45. The third kappa shape index (κ3) is 2.07. The van der Waals surface area contributed by atoms with Gasteiger partial charge in [-0.25, -0.2) is 4.39 Å². The van der Waals surface area contributed by atoms with Gasteiger partial charge in [0.05, 0.1) is 5.70 Å². The number of nitrogens with zero attached hydrogens (tertiary/aromatic N) is 1. The Labute approximate surface area is 103 Å². The van der Waals surface area contributed by atoms with Crippen LogP contribution >= 0.6 is 0 Å². The zero-order valence-electron chi connectivity index (χ0n) is 10.6. The van der Waals surface area contributed by atoms with E-state index >= 15 is 0 Å². The molecule has 0 N–H and O–H groups in total. The Hall–Kier alpha value is -0.660. The minimum atomic E-state index is -1.10. The Morgan fingerprint density at radius 3 is 2.24 bits per heavy atom. The molecule has 2 aliphatic carbocycles. The average molecular weight is 235 g/mol. The van der Waals surface area contributed by atoms with E-state index in [-0.39, 0.29) is 0 Å². The fourth-order valence-corrected chi connectivity index (χ4v) is 3.90. The lowest BCUT2D eigenvalue weighted by molar-refractivity contribution is 0.0386. The number of rotatable bonds is 1. The van der Waals surface area contributed by atoms with E-state index < -0.39 is 5.67 Å². The van der Waals surface area contributed by atoms with Crippen LogP contribution < -0.4 is 0 Å². The highest BCUT2D eigenvalue weighted by Gasteiger charge is 2.45. The summed E-state index contributed by atoms with van der Waals surface area (Å²) in [5.74, 6) is 0. The van der Waals surface area contributed by atoms with E-state index in [0.717, 1.165) is 25.0 Å². The maximum atomic E-state index is 14.8. The van der Waals surface area contributed by atoms with Gasteiger partial charge >= 0.3 is 0 Å². The van der Waals surface area contributed by atoms with Gasteiger partial charge in [-0.15, -0.1) is 0 Å². The Bertz CT molecular complexity index is 340. The van der Waals surface area contributed by atoms with Crippen molar-refractivity contribution in [2.24, 2.45) is 10.4 Å². The summed E-state index contributed by atoms with van der Waals surface area (Å²) >= 11 is 0. The zero-order valence-corrected chi connectivity index (χ0v) is 10.6. The summed E-state index contributed by atoms with van der Waals surface area (Å²) in [6.45, 7) is 0. The van der Waals surface area contributed by atoms with Crippen LogP contribution in [0, 0.1) is 5.41 Å². The van der Waals surface area contributed by atoms with Crippen LogP contribution in [0.4, 0.5) is 4.39 Å². The van der Waals surface area contributed by atoms with Gasteiger partial charge in [-0.3, -0.25) is 4.99 Å². The highest BCUT2D eigenvalue weighted by atomic mass is 19.1. The molecule has 2 fully saturated rings. The van der Waals surface area contributed by atoms with Crippen molar-refractivity contribution in [3.05, 3.63) is 11.8 Å².